The van der Waals surface area contributed by atoms with Crippen LogP contribution in [0.1, 0.15) is 16.7 Å². The molecule has 0 aliphatic carbocycles. The summed E-state index contributed by atoms with van der Waals surface area (Å²) in [7, 11) is -3.81. The van der Waals surface area contributed by atoms with E-state index >= 15 is 0 Å². The number of benzene rings is 3. The first kappa shape index (κ1) is 21.9. The van der Waals surface area contributed by atoms with Crippen molar-refractivity contribution < 1.29 is 8.42 Å². The van der Waals surface area contributed by atoms with Crippen LogP contribution in [-0.4, -0.2) is 18.4 Å². The summed E-state index contributed by atoms with van der Waals surface area (Å²) in [4.78, 5) is 9.14. The number of hydrogen-bond donors (Lipinski definition) is 0. The Balaban J connectivity index is 1.51. The van der Waals surface area contributed by atoms with Gasteiger partial charge >= 0.3 is 0 Å². The number of fused-ring (bicyclic) bond motifs is 3. The van der Waals surface area contributed by atoms with Gasteiger partial charge in [-0.1, -0.05) is 83.5 Å². The molecule has 8 heteroatoms. The monoisotopic (exact) mass is 493 g/mol. The molecule has 0 atom stereocenters. The Morgan fingerprint density at radius 2 is 1.76 bits per heavy atom. The largest absolute Gasteiger partial charge is 0.268 e. The number of para-hydroxylation sites is 1. The molecule has 0 N–H and O–H groups in total. The third-order valence-corrected chi connectivity index (χ3v) is 8.36. The van der Waals surface area contributed by atoms with E-state index in [1.807, 2.05) is 79.7 Å². The van der Waals surface area contributed by atoms with Gasteiger partial charge < -0.3 is 0 Å². The normalized spacial score (nSPS) is 13.9. The van der Waals surface area contributed by atoms with Crippen LogP contribution in [0.4, 0.5) is 5.69 Å². The molecule has 0 radical (unpaired) electrons. The van der Waals surface area contributed by atoms with E-state index in [1.54, 1.807) is 0 Å². The van der Waals surface area contributed by atoms with Crippen LogP contribution in [0.15, 0.2) is 89.0 Å². The summed E-state index contributed by atoms with van der Waals surface area (Å²) >= 11 is 7.52. The van der Waals surface area contributed by atoms with E-state index < -0.39 is 10.0 Å². The lowest BCUT2D eigenvalue weighted by molar-refractivity contribution is 0.588. The van der Waals surface area contributed by atoms with Crippen molar-refractivity contribution in [2.75, 3.05) is 4.31 Å². The quantitative estimate of drug-likeness (QED) is 0.248. The molecule has 0 amide bonds. The summed E-state index contributed by atoms with van der Waals surface area (Å²) in [5, 5.41) is 1.19. The summed E-state index contributed by atoms with van der Waals surface area (Å²) in [5.41, 5.74) is 4.93. The molecule has 0 bridgehead atoms. The summed E-state index contributed by atoms with van der Waals surface area (Å²) < 4.78 is 28.6. The first-order chi connectivity index (χ1) is 15.9. The molecule has 4 aromatic rings. The van der Waals surface area contributed by atoms with Gasteiger partial charge in [0.05, 0.1) is 24.1 Å². The predicted octanol–water partition coefficient (Wildman–Crippen LogP) is 6.11. The Morgan fingerprint density at radius 1 is 0.970 bits per heavy atom. The van der Waals surface area contributed by atoms with Crippen molar-refractivity contribution in [2.24, 2.45) is 0 Å². The van der Waals surface area contributed by atoms with Crippen LogP contribution in [0.3, 0.4) is 0 Å². The minimum atomic E-state index is -3.81. The van der Waals surface area contributed by atoms with Gasteiger partial charge in [-0.25, -0.2) is 18.4 Å². The van der Waals surface area contributed by atoms with Gasteiger partial charge in [-0.3, -0.25) is 4.31 Å². The zero-order valence-electron chi connectivity index (χ0n) is 17.8. The van der Waals surface area contributed by atoms with Crippen molar-refractivity contribution in [2.45, 2.75) is 29.3 Å². The van der Waals surface area contributed by atoms with E-state index in [9.17, 15) is 8.42 Å². The zero-order chi connectivity index (χ0) is 23.0. The van der Waals surface area contributed by atoms with Gasteiger partial charge in [-0.15, -0.1) is 0 Å². The maximum absolute atomic E-state index is 13.6. The third-order valence-electron chi connectivity index (χ3n) is 5.43. The lowest BCUT2D eigenvalue weighted by Crippen LogP contribution is -2.34. The maximum Gasteiger partial charge on any atom is 0.268 e. The van der Waals surface area contributed by atoms with Gasteiger partial charge in [-0.05, 0) is 36.2 Å². The number of nitrogens with zero attached hydrogens (tertiary/aromatic N) is 3. The number of rotatable bonds is 5. The van der Waals surface area contributed by atoms with Crippen LogP contribution >= 0.6 is 23.4 Å². The Kier molecular flexibility index (Phi) is 5.86. The summed E-state index contributed by atoms with van der Waals surface area (Å²) in [5.74, 6) is 0.632. The van der Waals surface area contributed by atoms with Gasteiger partial charge in [0.25, 0.3) is 10.0 Å². The van der Waals surface area contributed by atoms with Crippen LogP contribution in [0.25, 0.3) is 11.3 Å². The second kappa shape index (κ2) is 8.82. The fraction of sp³-hybridized carbons (Fsp3) is 0.120. The highest BCUT2D eigenvalue weighted by molar-refractivity contribution is 7.98. The lowest BCUT2D eigenvalue weighted by Gasteiger charge is -2.31. The molecule has 5 nitrogen and oxygen atoms in total. The van der Waals surface area contributed by atoms with Gasteiger partial charge in [0.15, 0.2) is 5.16 Å². The summed E-state index contributed by atoms with van der Waals surface area (Å²) in [6.45, 7) is 2.25. The van der Waals surface area contributed by atoms with Crippen LogP contribution in [0.2, 0.25) is 5.02 Å². The van der Waals surface area contributed by atoms with E-state index in [4.69, 9.17) is 11.6 Å². The number of aryl methyl sites for hydroxylation is 1. The number of aromatic nitrogens is 2. The van der Waals surface area contributed by atoms with Crippen LogP contribution in [0.5, 0.6) is 0 Å². The number of halogens is 1. The fourth-order valence-electron chi connectivity index (χ4n) is 3.75. The Hall–Kier alpha value is -2.87. The molecule has 2 heterocycles. The molecule has 5 rings (SSSR count). The first-order valence-corrected chi connectivity index (χ1v) is 13.1. The molecule has 0 saturated heterocycles. The van der Waals surface area contributed by atoms with E-state index in [1.165, 1.54) is 22.3 Å². The molecule has 0 saturated carbocycles. The molecule has 3 aromatic carbocycles. The Morgan fingerprint density at radius 3 is 2.55 bits per heavy atom. The van der Waals surface area contributed by atoms with E-state index in [2.05, 4.69) is 9.97 Å². The van der Waals surface area contributed by atoms with Gasteiger partial charge in [0.1, 0.15) is 4.90 Å². The molecular weight excluding hydrogens is 474 g/mol. The number of hydrogen-bond acceptors (Lipinski definition) is 5. The highest BCUT2D eigenvalue weighted by Crippen LogP contribution is 2.43. The van der Waals surface area contributed by atoms with Gasteiger partial charge in [-0.2, -0.15) is 0 Å². The highest BCUT2D eigenvalue weighted by Gasteiger charge is 2.36. The number of thioether (sulfide) groups is 1. The van der Waals surface area contributed by atoms with Crippen molar-refractivity contribution in [3.63, 3.8) is 0 Å². The standard InChI is InChI=1S/C25H20ClN3O2S2/c1-17-9-11-18(12-10-17)15-29-22-8-3-2-7-21(22)24-23(33(29,30)31)14-27-25(28-24)32-16-19-5-4-6-20(26)13-19/h2-14H,15-16H2,1H3. The number of anilines is 1. The third kappa shape index (κ3) is 4.36. The van der Waals surface area contributed by atoms with E-state index in [-0.39, 0.29) is 11.4 Å². The summed E-state index contributed by atoms with van der Waals surface area (Å²) in [6.07, 6.45) is 1.43. The minimum absolute atomic E-state index is 0.125. The molecule has 1 aliphatic rings. The topological polar surface area (TPSA) is 63.2 Å². The molecule has 0 unspecified atom stereocenters. The maximum atomic E-state index is 13.6. The van der Waals surface area contributed by atoms with Crippen LogP contribution < -0.4 is 4.31 Å². The van der Waals surface area contributed by atoms with E-state index in [0.29, 0.717) is 27.3 Å². The second-order valence-electron chi connectivity index (χ2n) is 7.80. The van der Waals surface area contributed by atoms with Crippen molar-refractivity contribution in [3.8, 4) is 11.3 Å². The van der Waals surface area contributed by atoms with Crippen molar-refractivity contribution >= 4 is 39.1 Å². The molecule has 0 fully saturated rings. The summed E-state index contributed by atoms with van der Waals surface area (Å²) in [6, 6.07) is 23.0. The average Bonchev–Trinajstić information content (AvgIpc) is 2.81. The van der Waals surface area contributed by atoms with Crippen molar-refractivity contribution in [1.29, 1.82) is 0 Å². The smallest absolute Gasteiger partial charge is 0.261 e. The molecule has 1 aliphatic heterocycles. The van der Waals surface area contributed by atoms with Crippen molar-refractivity contribution in [1.82, 2.24) is 9.97 Å². The minimum Gasteiger partial charge on any atom is -0.261 e. The molecule has 0 spiro atoms. The van der Waals surface area contributed by atoms with Crippen LogP contribution in [0, 0.1) is 6.92 Å². The van der Waals surface area contributed by atoms with Crippen LogP contribution in [-0.2, 0) is 22.3 Å². The predicted molar refractivity (Wildman–Crippen MR) is 133 cm³/mol. The number of sulfonamides is 1. The Bertz CT molecular complexity index is 1440. The average molecular weight is 494 g/mol. The SMILES string of the molecule is Cc1ccc(CN2c3ccccc3-c3nc(SCc4cccc(Cl)c4)ncc3S2(=O)=O)cc1. The Labute approximate surface area is 202 Å². The first-order valence-electron chi connectivity index (χ1n) is 10.3. The molecule has 33 heavy (non-hydrogen) atoms. The molecule has 1 aromatic heterocycles. The van der Waals surface area contributed by atoms with E-state index in [0.717, 1.165) is 22.3 Å². The van der Waals surface area contributed by atoms with Gasteiger partial charge in [0.2, 0.25) is 0 Å². The van der Waals surface area contributed by atoms with Gasteiger partial charge in [0, 0.05) is 16.3 Å². The fourth-order valence-corrected chi connectivity index (χ4v) is 6.28. The molecular formula is C25H20ClN3O2S2. The lowest BCUT2D eigenvalue weighted by atomic mass is 10.1. The van der Waals surface area contributed by atoms with Crippen molar-refractivity contribution in [3.05, 3.63) is 101 Å². The highest BCUT2D eigenvalue weighted by atomic mass is 35.5. The molecule has 166 valence electrons. The zero-order valence-corrected chi connectivity index (χ0v) is 20.2. The second-order valence-corrected chi connectivity index (χ2v) is 11.0.